The zero-order chi connectivity index (χ0) is 12.3. The number of halogens is 3. The van der Waals surface area contributed by atoms with E-state index < -0.39 is 11.7 Å². The first-order valence-corrected chi connectivity index (χ1v) is 5.21. The quantitative estimate of drug-likeness (QED) is 0.839. The largest absolute Gasteiger partial charge is 0.416 e. The highest BCUT2D eigenvalue weighted by molar-refractivity contribution is 5.32. The standard InChI is InChI=1S/C12H16F3N/c1-8(2)16-7-10-4-5-11(6-9(10)3)12(13,14)15/h4-6,8,16H,7H2,1-3H3. The van der Waals surface area contributed by atoms with Gasteiger partial charge in [0.15, 0.2) is 0 Å². The fourth-order valence-corrected chi connectivity index (χ4v) is 1.38. The van der Waals surface area contributed by atoms with Crippen molar-refractivity contribution >= 4 is 0 Å². The molecule has 0 atom stereocenters. The smallest absolute Gasteiger partial charge is 0.310 e. The van der Waals surface area contributed by atoms with Gasteiger partial charge in [0.1, 0.15) is 0 Å². The first-order chi connectivity index (χ1) is 7.30. The van der Waals surface area contributed by atoms with Crippen molar-refractivity contribution in [2.45, 2.75) is 39.5 Å². The third-order valence-electron chi connectivity index (χ3n) is 2.37. The van der Waals surface area contributed by atoms with Crippen LogP contribution in [0.25, 0.3) is 0 Å². The van der Waals surface area contributed by atoms with Gasteiger partial charge in [-0.3, -0.25) is 0 Å². The number of rotatable bonds is 3. The molecule has 0 spiro atoms. The molecule has 0 saturated carbocycles. The van der Waals surface area contributed by atoms with E-state index in [9.17, 15) is 13.2 Å². The molecule has 0 amide bonds. The normalized spacial score (nSPS) is 12.2. The van der Waals surface area contributed by atoms with Crippen molar-refractivity contribution in [1.29, 1.82) is 0 Å². The molecule has 0 aliphatic carbocycles. The predicted molar refractivity (Wildman–Crippen MR) is 58.2 cm³/mol. The lowest BCUT2D eigenvalue weighted by Gasteiger charge is -2.13. The predicted octanol–water partition coefficient (Wildman–Crippen LogP) is 3.51. The molecule has 16 heavy (non-hydrogen) atoms. The summed E-state index contributed by atoms with van der Waals surface area (Å²) in [5.41, 5.74) is 0.989. The summed E-state index contributed by atoms with van der Waals surface area (Å²) in [6, 6.07) is 4.18. The molecule has 1 N–H and O–H groups in total. The molecule has 0 aliphatic rings. The molecule has 1 aromatic rings. The number of alkyl halides is 3. The van der Waals surface area contributed by atoms with Gasteiger partial charge in [0, 0.05) is 12.6 Å². The van der Waals surface area contributed by atoms with Crippen LogP contribution in [0.4, 0.5) is 13.2 Å². The summed E-state index contributed by atoms with van der Waals surface area (Å²) < 4.78 is 37.2. The van der Waals surface area contributed by atoms with Gasteiger partial charge in [0.05, 0.1) is 5.56 Å². The molecule has 0 aliphatic heterocycles. The third kappa shape index (κ3) is 3.52. The van der Waals surface area contributed by atoms with Gasteiger partial charge in [-0.15, -0.1) is 0 Å². The summed E-state index contributed by atoms with van der Waals surface area (Å²) in [6.07, 6.45) is -4.26. The molecule has 0 fully saturated rings. The molecule has 4 heteroatoms. The number of benzene rings is 1. The molecule has 90 valence electrons. The Bertz CT molecular complexity index is 356. The number of hydrogen-bond donors (Lipinski definition) is 1. The Morgan fingerprint density at radius 1 is 1.25 bits per heavy atom. The van der Waals surface area contributed by atoms with Crippen molar-refractivity contribution in [2.75, 3.05) is 0 Å². The Morgan fingerprint density at radius 3 is 2.31 bits per heavy atom. The van der Waals surface area contributed by atoms with Crippen LogP contribution in [0.15, 0.2) is 18.2 Å². The summed E-state index contributed by atoms with van der Waals surface area (Å²) in [4.78, 5) is 0. The van der Waals surface area contributed by atoms with Crippen LogP contribution in [0, 0.1) is 6.92 Å². The van der Waals surface area contributed by atoms with Gasteiger partial charge < -0.3 is 5.32 Å². The zero-order valence-electron chi connectivity index (χ0n) is 9.65. The van der Waals surface area contributed by atoms with Crippen molar-refractivity contribution in [3.8, 4) is 0 Å². The number of aryl methyl sites for hydroxylation is 1. The van der Waals surface area contributed by atoms with Gasteiger partial charge in [-0.2, -0.15) is 13.2 Å². The van der Waals surface area contributed by atoms with Crippen LogP contribution in [-0.4, -0.2) is 6.04 Å². The van der Waals surface area contributed by atoms with Crippen LogP contribution in [0.2, 0.25) is 0 Å². The average molecular weight is 231 g/mol. The van der Waals surface area contributed by atoms with E-state index in [0.29, 0.717) is 18.2 Å². The highest BCUT2D eigenvalue weighted by Crippen LogP contribution is 2.30. The SMILES string of the molecule is Cc1cc(C(F)(F)F)ccc1CNC(C)C. The summed E-state index contributed by atoms with van der Waals surface area (Å²) in [7, 11) is 0. The van der Waals surface area contributed by atoms with E-state index in [-0.39, 0.29) is 0 Å². The monoisotopic (exact) mass is 231 g/mol. The molecular formula is C12H16F3N. The summed E-state index contributed by atoms with van der Waals surface area (Å²) in [6.45, 7) is 6.30. The first-order valence-electron chi connectivity index (χ1n) is 5.21. The summed E-state index contributed by atoms with van der Waals surface area (Å²) in [5, 5.41) is 3.18. The highest BCUT2D eigenvalue weighted by Gasteiger charge is 2.30. The lowest BCUT2D eigenvalue weighted by atomic mass is 10.0. The van der Waals surface area contributed by atoms with E-state index in [1.54, 1.807) is 6.92 Å². The van der Waals surface area contributed by atoms with Crippen LogP contribution >= 0.6 is 0 Å². The van der Waals surface area contributed by atoms with Crippen LogP contribution in [0.3, 0.4) is 0 Å². The van der Waals surface area contributed by atoms with Gasteiger partial charge in [-0.1, -0.05) is 19.9 Å². The Hall–Kier alpha value is -1.03. The van der Waals surface area contributed by atoms with Crippen LogP contribution in [0.1, 0.15) is 30.5 Å². The van der Waals surface area contributed by atoms with Crippen molar-refractivity contribution in [1.82, 2.24) is 5.32 Å². The van der Waals surface area contributed by atoms with Gasteiger partial charge in [-0.25, -0.2) is 0 Å². The molecule has 0 saturated heterocycles. The first kappa shape index (κ1) is 13.0. The van der Waals surface area contributed by atoms with Gasteiger partial charge >= 0.3 is 6.18 Å². The number of nitrogens with one attached hydrogen (secondary N) is 1. The maximum Gasteiger partial charge on any atom is 0.416 e. The number of hydrogen-bond acceptors (Lipinski definition) is 1. The van der Waals surface area contributed by atoms with Crippen molar-refractivity contribution < 1.29 is 13.2 Å². The molecule has 0 aromatic heterocycles. The minimum Gasteiger partial charge on any atom is -0.310 e. The fraction of sp³-hybridized carbons (Fsp3) is 0.500. The second-order valence-electron chi connectivity index (χ2n) is 4.17. The molecular weight excluding hydrogens is 215 g/mol. The third-order valence-corrected chi connectivity index (χ3v) is 2.37. The second-order valence-corrected chi connectivity index (χ2v) is 4.17. The molecule has 0 heterocycles. The van der Waals surface area contributed by atoms with E-state index in [4.69, 9.17) is 0 Å². The van der Waals surface area contributed by atoms with Crippen LogP contribution < -0.4 is 5.32 Å². The second kappa shape index (κ2) is 4.87. The van der Waals surface area contributed by atoms with E-state index in [1.807, 2.05) is 13.8 Å². The topological polar surface area (TPSA) is 12.0 Å². The van der Waals surface area contributed by atoms with Gasteiger partial charge in [0.25, 0.3) is 0 Å². The Morgan fingerprint density at radius 2 is 1.88 bits per heavy atom. The van der Waals surface area contributed by atoms with Crippen molar-refractivity contribution in [3.05, 3.63) is 34.9 Å². The van der Waals surface area contributed by atoms with Gasteiger partial charge in [-0.05, 0) is 30.2 Å². The maximum atomic E-state index is 12.4. The fourth-order valence-electron chi connectivity index (χ4n) is 1.38. The maximum absolute atomic E-state index is 12.4. The molecule has 0 bridgehead atoms. The molecule has 1 nitrogen and oxygen atoms in total. The minimum absolute atomic E-state index is 0.321. The van der Waals surface area contributed by atoms with E-state index in [0.717, 1.165) is 11.6 Å². The van der Waals surface area contributed by atoms with Crippen molar-refractivity contribution in [3.63, 3.8) is 0 Å². The van der Waals surface area contributed by atoms with Crippen LogP contribution in [-0.2, 0) is 12.7 Å². The average Bonchev–Trinajstić information content (AvgIpc) is 2.14. The molecule has 1 rings (SSSR count). The summed E-state index contributed by atoms with van der Waals surface area (Å²) >= 11 is 0. The lowest BCUT2D eigenvalue weighted by Crippen LogP contribution is -2.22. The minimum atomic E-state index is -4.26. The van der Waals surface area contributed by atoms with E-state index >= 15 is 0 Å². The molecule has 1 aromatic carbocycles. The zero-order valence-corrected chi connectivity index (χ0v) is 9.65. The lowest BCUT2D eigenvalue weighted by molar-refractivity contribution is -0.137. The van der Waals surface area contributed by atoms with Crippen molar-refractivity contribution in [2.24, 2.45) is 0 Å². The Balaban J connectivity index is 2.84. The Kier molecular flexibility index (Phi) is 3.97. The van der Waals surface area contributed by atoms with E-state index in [2.05, 4.69) is 5.32 Å². The van der Waals surface area contributed by atoms with Gasteiger partial charge in [0.2, 0.25) is 0 Å². The summed E-state index contributed by atoms with van der Waals surface area (Å²) in [5.74, 6) is 0. The molecule has 0 unspecified atom stereocenters. The highest BCUT2D eigenvalue weighted by atomic mass is 19.4. The Labute approximate surface area is 93.7 Å². The molecule has 0 radical (unpaired) electrons. The van der Waals surface area contributed by atoms with E-state index in [1.165, 1.54) is 12.1 Å². The van der Waals surface area contributed by atoms with Crippen LogP contribution in [0.5, 0.6) is 0 Å².